The van der Waals surface area contributed by atoms with E-state index in [-0.39, 0.29) is 0 Å². The number of hydrogen-bond donors (Lipinski definition) is 0. The minimum absolute atomic E-state index is 0.787. The molecule has 1 aromatic carbocycles. The Morgan fingerprint density at radius 2 is 1.62 bits per heavy atom. The van der Waals surface area contributed by atoms with Crippen LogP contribution in [0.25, 0.3) is 0 Å². The number of unbranched alkanes of at least 4 members (excludes halogenated alkanes) is 3. The van der Waals surface area contributed by atoms with Crippen molar-refractivity contribution in [3.63, 3.8) is 0 Å². The van der Waals surface area contributed by atoms with Crippen LogP contribution in [-0.2, 0) is 11.2 Å². The van der Waals surface area contributed by atoms with E-state index in [2.05, 4.69) is 24.3 Å². The third-order valence-corrected chi connectivity index (χ3v) is 2.82. The van der Waals surface area contributed by atoms with Gasteiger partial charge in [-0.3, -0.25) is 0 Å². The molecule has 0 saturated heterocycles. The topological polar surface area (TPSA) is 9.23 Å². The molecule has 0 aromatic heterocycles. The van der Waals surface area contributed by atoms with Crippen LogP contribution in [0.3, 0.4) is 0 Å². The van der Waals surface area contributed by atoms with Gasteiger partial charge in [0.05, 0.1) is 6.61 Å². The smallest absolute Gasteiger partial charge is 0.0506 e. The number of rotatable bonds is 9. The van der Waals surface area contributed by atoms with Crippen molar-refractivity contribution in [2.75, 3.05) is 19.1 Å². The van der Waals surface area contributed by atoms with Gasteiger partial charge in [0.15, 0.2) is 0 Å². The average Bonchev–Trinajstić information content (AvgIpc) is 2.34. The van der Waals surface area contributed by atoms with Crippen molar-refractivity contribution in [2.45, 2.75) is 32.1 Å². The highest BCUT2D eigenvalue weighted by Crippen LogP contribution is 2.03. The second-order valence-electron chi connectivity index (χ2n) is 3.95. The largest absolute Gasteiger partial charge is 0.381 e. The van der Waals surface area contributed by atoms with Gasteiger partial charge < -0.3 is 4.74 Å². The molecule has 1 rings (SSSR count). The number of alkyl halides is 1. The molecule has 0 atom stereocenters. The summed E-state index contributed by atoms with van der Waals surface area (Å²) in [7, 11) is 0. The number of benzene rings is 1. The van der Waals surface area contributed by atoms with E-state index < -0.39 is 0 Å². The second kappa shape index (κ2) is 9.68. The second-order valence-corrected chi connectivity index (χ2v) is 4.33. The van der Waals surface area contributed by atoms with E-state index in [1.807, 2.05) is 6.07 Å². The van der Waals surface area contributed by atoms with Crippen molar-refractivity contribution in [3.05, 3.63) is 35.9 Å². The maximum absolute atomic E-state index is 5.60. The molecule has 0 heterocycles. The minimum atomic E-state index is 0.787. The highest BCUT2D eigenvalue weighted by molar-refractivity contribution is 6.17. The molecular formula is C14H21ClO. The molecule has 2 heteroatoms. The molecule has 16 heavy (non-hydrogen) atoms. The normalized spacial score (nSPS) is 10.6. The molecule has 90 valence electrons. The first-order valence-electron chi connectivity index (χ1n) is 6.11. The van der Waals surface area contributed by atoms with Crippen LogP contribution in [0.2, 0.25) is 0 Å². The minimum Gasteiger partial charge on any atom is -0.381 e. The van der Waals surface area contributed by atoms with Crippen LogP contribution in [0.4, 0.5) is 0 Å². The lowest BCUT2D eigenvalue weighted by atomic mass is 10.2. The summed E-state index contributed by atoms with van der Waals surface area (Å²) in [4.78, 5) is 0. The SMILES string of the molecule is ClCCCCCCOCCc1ccccc1. The molecule has 0 bridgehead atoms. The Kier molecular flexibility index (Phi) is 8.19. The van der Waals surface area contributed by atoms with E-state index in [0.717, 1.165) is 38.4 Å². The van der Waals surface area contributed by atoms with E-state index in [0.29, 0.717) is 0 Å². The quantitative estimate of drug-likeness (QED) is 0.468. The average molecular weight is 241 g/mol. The Bertz CT molecular complexity index is 248. The highest BCUT2D eigenvalue weighted by Gasteiger charge is 1.93. The number of halogens is 1. The maximum atomic E-state index is 5.60. The van der Waals surface area contributed by atoms with Crippen LogP contribution in [0.15, 0.2) is 30.3 Å². The predicted molar refractivity (Wildman–Crippen MR) is 70.2 cm³/mol. The summed E-state index contributed by atoms with van der Waals surface area (Å²) < 4.78 is 5.58. The molecule has 0 N–H and O–H groups in total. The van der Waals surface area contributed by atoms with Crippen LogP contribution in [-0.4, -0.2) is 19.1 Å². The van der Waals surface area contributed by atoms with E-state index in [1.54, 1.807) is 0 Å². The van der Waals surface area contributed by atoms with Gasteiger partial charge in [-0.1, -0.05) is 43.2 Å². The van der Waals surface area contributed by atoms with Crippen molar-refractivity contribution in [2.24, 2.45) is 0 Å². The van der Waals surface area contributed by atoms with Crippen molar-refractivity contribution in [3.8, 4) is 0 Å². The molecule has 0 unspecified atom stereocenters. The fourth-order valence-corrected chi connectivity index (χ4v) is 1.78. The zero-order valence-corrected chi connectivity index (χ0v) is 10.6. The van der Waals surface area contributed by atoms with E-state index >= 15 is 0 Å². The zero-order valence-electron chi connectivity index (χ0n) is 9.83. The Hall–Kier alpha value is -0.530. The van der Waals surface area contributed by atoms with Gasteiger partial charge in [-0.2, -0.15) is 0 Å². The molecule has 0 spiro atoms. The molecule has 0 aliphatic rings. The van der Waals surface area contributed by atoms with Crippen LogP contribution >= 0.6 is 11.6 Å². The summed E-state index contributed by atoms with van der Waals surface area (Å²) in [6.45, 7) is 1.72. The Balaban J connectivity index is 1.89. The van der Waals surface area contributed by atoms with Crippen LogP contribution in [0.1, 0.15) is 31.2 Å². The Morgan fingerprint density at radius 3 is 2.38 bits per heavy atom. The van der Waals surface area contributed by atoms with E-state index in [4.69, 9.17) is 16.3 Å². The monoisotopic (exact) mass is 240 g/mol. The lowest BCUT2D eigenvalue weighted by Crippen LogP contribution is -2.00. The molecule has 1 aromatic rings. The lowest BCUT2D eigenvalue weighted by Gasteiger charge is -2.04. The van der Waals surface area contributed by atoms with Crippen molar-refractivity contribution in [1.29, 1.82) is 0 Å². The van der Waals surface area contributed by atoms with Gasteiger partial charge in [0, 0.05) is 12.5 Å². The van der Waals surface area contributed by atoms with Crippen molar-refractivity contribution in [1.82, 2.24) is 0 Å². The van der Waals surface area contributed by atoms with Gasteiger partial charge >= 0.3 is 0 Å². The van der Waals surface area contributed by atoms with Crippen LogP contribution in [0, 0.1) is 0 Å². The Labute approximate surface area is 104 Å². The predicted octanol–water partition coefficient (Wildman–Crippen LogP) is 4.04. The fourth-order valence-electron chi connectivity index (χ4n) is 1.59. The molecule has 0 radical (unpaired) electrons. The molecule has 0 aliphatic carbocycles. The van der Waals surface area contributed by atoms with Gasteiger partial charge in [0.25, 0.3) is 0 Å². The summed E-state index contributed by atoms with van der Waals surface area (Å²) in [6.07, 6.45) is 5.77. The lowest BCUT2D eigenvalue weighted by molar-refractivity contribution is 0.133. The number of hydrogen-bond acceptors (Lipinski definition) is 1. The first kappa shape index (κ1) is 13.5. The summed E-state index contributed by atoms with van der Waals surface area (Å²) in [5.74, 6) is 0.787. The molecule has 1 nitrogen and oxygen atoms in total. The third-order valence-electron chi connectivity index (χ3n) is 2.55. The van der Waals surface area contributed by atoms with Crippen molar-refractivity contribution >= 4 is 11.6 Å². The summed E-state index contributed by atoms with van der Waals surface area (Å²) in [5.41, 5.74) is 1.35. The summed E-state index contributed by atoms with van der Waals surface area (Å²) >= 11 is 5.60. The molecule has 0 aliphatic heterocycles. The van der Waals surface area contributed by atoms with Gasteiger partial charge in [-0.15, -0.1) is 11.6 Å². The zero-order chi connectivity index (χ0) is 11.5. The Morgan fingerprint density at radius 1 is 0.875 bits per heavy atom. The van der Waals surface area contributed by atoms with E-state index in [1.165, 1.54) is 18.4 Å². The molecule has 0 fully saturated rings. The van der Waals surface area contributed by atoms with Gasteiger partial charge in [-0.25, -0.2) is 0 Å². The summed E-state index contributed by atoms with van der Waals surface area (Å²) in [5, 5.41) is 0. The van der Waals surface area contributed by atoms with Gasteiger partial charge in [0.1, 0.15) is 0 Å². The highest BCUT2D eigenvalue weighted by atomic mass is 35.5. The van der Waals surface area contributed by atoms with Crippen molar-refractivity contribution < 1.29 is 4.74 Å². The standard InChI is InChI=1S/C14H21ClO/c15-11-6-1-2-7-12-16-13-10-14-8-4-3-5-9-14/h3-5,8-9H,1-2,6-7,10-13H2. The molecule has 0 amide bonds. The van der Waals surface area contributed by atoms with Gasteiger partial charge in [0.2, 0.25) is 0 Å². The number of ether oxygens (including phenoxy) is 1. The fraction of sp³-hybridized carbons (Fsp3) is 0.571. The van der Waals surface area contributed by atoms with Crippen LogP contribution in [0.5, 0.6) is 0 Å². The van der Waals surface area contributed by atoms with Crippen LogP contribution < -0.4 is 0 Å². The maximum Gasteiger partial charge on any atom is 0.0506 e. The molecule has 0 saturated carbocycles. The summed E-state index contributed by atoms with van der Waals surface area (Å²) in [6, 6.07) is 10.5. The molecular weight excluding hydrogens is 220 g/mol. The van der Waals surface area contributed by atoms with E-state index in [9.17, 15) is 0 Å². The third kappa shape index (κ3) is 6.86. The first-order chi connectivity index (χ1) is 7.93. The van der Waals surface area contributed by atoms with Gasteiger partial charge in [-0.05, 0) is 24.8 Å². The first-order valence-corrected chi connectivity index (χ1v) is 6.64.